The molecule has 0 spiro atoms. The zero-order chi connectivity index (χ0) is 12.5. The number of likely N-dealkylation sites (tertiary alicyclic amines) is 1. The van der Waals surface area contributed by atoms with Crippen LogP contribution in [-0.4, -0.2) is 34.6 Å². The van der Waals surface area contributed by atoms with E-state index in [0.29, 0.717) is 19.5 Å². The highest BCUT2D eigenvalue weighted by atomic mass is 79.9. The predicted octanol–water partition coefficient (Wildman–Crippen LogP) is 2.51. The highest BCUT2D eigenvalue weighted by Gasteiger charge is 2.32. The van der Waals surface area contributed by atoms with E-state index in [-0.39, 0.29) is 5.91 Å². The number of carbonyl (C=O) groups is 1. The van der Waals surface area contributed by atoms with Crippen molar-refractivity contribution in [3.05, 3.63) is 26.9 Å². The van der Waals surface area contributed by atoms with Crippen LogP contribution in [0.15, 0.2) is 22.0 Å². The number of aliphatic hydroxyl groups is 1. The van der Waals surface area contributed by atoms with Crippen molar-refractivity contribution in [3.8, 4) is 0 Å². The Balaban J connectivity index is 1.96. The Morgan fingerprint density at radius 3 is 2.94 bits per heavy atom. The van der Waals surface area contributed by atoms with Crippen molar-refractivity contribution in [1.29, 1.82) is 0 Å². The Kier molecular flexibility index (Phi) is 3.70. The monoisotopic (exact) mass is 315 g/mol. The third kappa shape index (κ3) is 3.40. The molecule has 1 saturated heterocycles. The average molecular weight is 316 g/mol. The number of rotatable bonds is 2. The summed E-state index contributed by atoms with van der Waals surface area (Å²) in [6, 6.07) is 3.91. The molecule has 1 aliphatic heterocycles. The molecule has 92 valence electrons. The summed E-state index contributed by atoms with van der Waals surface area (Å²) in [5.74, 6) is -0.0349. The fraction of sp³-hybridized carbons (Fsp3) is 0.417. The number of carbonyl (C=O) groups excluding carboxylic acids is 1. The van der Waals surface area contributed by atoms with Crippen LogP contribution in [0.4, 0.5) is 0 Å². The quantitative estimate of drug-likeness (QED) is 0.852. The summed E-state index contributed by atoms with van der Waals surface area (Å²) in [5.41, 5.74) is -0.727. The lowest BCUT2D eigenvalue weighted by Crippen LogP contribution is -2.32. The molecule has 1 aromatic rings. The van der Waals surface area contributed by atoms with Crippen LogP contribution in [0.5, 0.6) is 0 Å². The standard InChI is InChI=1S/C12H14BrNO2S/c1-12(16)6-7-14(8-12)11(15)5-3-9-2-4-10(13)17-9/h2-5,16H,6-8H2,1H3/b5-3+. The Bertz CT molecular complexity index is 453. The van der Waals surface area contributed by atoms with Gasteiger partial charge in [0.05, 0.1) is 9.39 Å². The maximum atomic E-state index is 11.8. The van der Waals surface area contributed by atoms with Crippen molar-refractivity contribution < 1.29 is 9.90 Å². The van der Waals surface area contributed by atoms with Gasteiger partial charge in [-0.15, -0.1) is 11.3 Å². The molecule has 1 amide bonds. The molecule has 0 aliphatic carbocycles. The molecule has 0 radical (unpaired) electrons. The van der Waals surface area contributed by atoms with Crippen LogP contribution in [0.25, 0.3) is 6.08 Å². The van der Waals surface area contributed by atoms with Crippen molar-refractivity contribution in [2.24, 2.45) is 0 Å². The van der Waals surface area contributed by atoms with Crippen LogP contribution in [0.1, 0.15) is 18.2 Å². The van der Waals surface area contributed by atoms with Gasteiger partial charge in [-0.2, -0.15) is 0 Å². The second-order valence-electron chi connectivity index (χ2n) is 4.48. The molecule has 1 unspecified atom stereocenters. The van der Waals surface area contributed by atoms with Gasteiger partial charge in [0.15, 0.2) is 0 Å². The molecule has 2 rings (SSSR count). The summed E-state index contributed by atoms with van der Waals surface area (Å²) in [6.07, 6.45) is 4.03. The summed E-state index contributed by atoms with van der Waals surface area (Å²) < 4.78 is 1.05. The van der Waals surface area contributed by atoms with E-state index in [1.807, 2.05) is 18.2 Å². The molecular formula is C12H14BrNO2S. The summed E-state index contributed by atoms with van der Waals surface area (Å²) in [4.78, 5) is 14.6. The van der Waals surface area contributed by atoms with E-state index in [1.54, 1.807) is 29.2 Å². The lowest BCUT2D eigenvalue weighted by atomic mass is 10.1. The maximum Gasteiger partial charge on any atom is 0.246 e. The molecular weight excluding hydrogens is 302 g/mol. The molecule has 0 aromatic carbocycles. The second kappa shape index (κ2) is 4.92. The number of nitrogens with zero attached hydrogens (tertiary/aromatic N) is 1. The van der Waals surface area contributed by atoms with E-state index in [9.17, 15) is 9.90 Å². The minimum Gasteiger partial charge on any atom is -0.388 e. The number of hydrogen-bond acceptors (Lipinski definition) is 3. The number of hydrogen-bond donors (Lipinski definition) is 1. The van der Waals surface area contributed by atoms with Gasteiger partial charge in [-0.25, -0.2) is 0 Å². The van der Waals surface area contributed by atoms with Crippen molar-refractivity contribution in [3.63, 3.8) is 0 Å². The van der Waals surface area contributed by atoms with Crippen molar-refractivity contribution in [1.82, 2.24) is 4.90 Å². The lowest BCUT2D eigenvalue weighted by molar-refractivity contribution is -0.125. The number of thiophene rings is 1. The summed E-state index contributed by atoms with van der Waals surface area (Å²) in [6.45, 7) is 2.81. The first kappa shape index (κ1) is 12.8. The molecule has 1 aliphatic rings. The van der Waals surface area contributed by atoms with Gasteiger partial charge in [-0.3, -0.25) is 4.79 Å². The van der Waals surface area contributed by atoms with Gasteiger partial charge >= 0.3 is 0 Å². The molecule has 1 N–H and O–H groups in total. The predicted molar refractivity (Wildman–Crippen MR) is 72.9 cm³/mol. The smallest absolute Gasteiger partial charge is 0.246 e. The van der Waals surface area contributed by atoms with E-state index < -0.39 is 5.60 Å². The Morgan fingerprint density at radius 2 is 2.41 bits per heavy atom. The number of β-amino-alcohol motifs (C(OH)–C–C–N with tert-alkyl or cyclic N) is 1. The van der Waals surface area contributed by atoms with Crippen LogP contribution < -0.4 is 0 Å². The maximum absolute atomic E-state index is 11.8. The van der Waals surface area contributed by atoms with Gasteiger partial charge in [0, 0.05) is 24.0 Å². The minimum atomic E-state index is -0.727. The Hall–Kier alpha value is -0.650. The van der Waals surface area contributed by atoms with E-state index in [0.717, 1.165) is 8.66 Å². The van der Waals surface area contributed by atoms with Crippen molar-refractivity contribution in [2.45, 2.75) is 18.9 Å². The van der Waals surface area contributed by atoms with Gasteiger partial charge in [0.2, 0.25) is 5.91 Å². The highest BCUT2D eigenvalue weighted by Crippen LogP contribution is 2.24. The largest absolute Gasteiger partial charge is 0.388 e. The lowest BCUT2D eigenvalue weighted by Gasteiger charge is -2.17. The van der Waals surface area contributed by atoms with Crippen molar-refractivity contribution >= 4 is 39.2 Å². The molecule has 1 atom stereocenters. The minimum absolute atomic E-state index is 0.0349. The van der Waals surface area contributed by atoms with Crippen LogP contribution in [0.3, 0.4) is 0 Å². The molecule has 5 heteroatoms. The molecule has 0 bridgehead atoms. The molecule has 1 fully saturated rings. The van der Waals surface area contributed by atoms with Crippen LogP contribution in [0.2, 0.25) is 0 Å². The first-order chi connectivity index (χ1) is 7.96. The van der Waals surface area contributed by atoms with E-state index >= 15 is 0 Å². The zero-order valence-corrected chi connectivity index (χ0v) is 11.9. The average Bonchev–Trinajstić information content (AvgIpc) is 2.81. The van der Waals surface area contributed by atoms with Gasteiger partial charge in [-0.05, 0) is 47.5 Å². The van der Waals surface area contributed by atoms with E-state index in [2.05, 4.69) is 15.9 Å². The highest BCUT2D eigenvalue weighted by molar-refractivity contribution is 9.11. The SMILES string of the molecule is CC1(O)CCN(C(=O)/C=C/c2ccc(Br)s2)C1. The summed E-state index contributed by atoms with van der Waals surface area (Å²) in [5, 5.41) is 9.78. The van der Waals surface area contributed by atoms with Crippen LogP contribution >= 0.6 is 27.3 Å². The summed E-state index contributed by atoms with van der Waals surface area (Å²) in [7, 11) is 0. The fourth-order valence-electron chi connectivity index (χ4n) is 1.81. The first-order valence-electron chi connectivity index (χ1n) is 5.41. The molecule has 17 heavy (non-hydrogen) atoms. The van der Waals surface area contributed by atoms with Gasteiger partial charge in [-0.1, -0.05) is 0 Å². The van der Waals surface area contributed by atoms with E-state index in [1.165, 1.54) is 0 Å². The molecule has 1 aromatic heterocycles. The molecule has 3 nitrogen and oxygen atoms in total. The van der Waals surface area contributed by atoms with Crippen LogP contribution in [0, 0.1) is 0 Å². The van der Waals surface area contributed by atoms with E-state index in [4.69, 9.17) is 0 Å². The van der Waals surface area contributed by atoms with Crippen molar-refractivity contribution in [2.75, 3.05) is 13.1 Å². The first-order valence-corrected chi connectivity index (χ1v) is 7.02. The van der Waals surface area contributed by atoms with Gasteiger partial charge in [0.1, 0.15) is 0 Å². The number of amides is 1. The third-order valence-corrected chi connectivity index (χ3v) is 4.34. The topological polar surface area (TPSA) is 40.5 Å². The normalized spacial score (nSPS) is 24.8. The van der Waals surface area contributed by atoms with Gasteiger partial charge in [0.25, 0.3) is 0 Å². The summed E-state index contributed by atoms with van der Waals surface area (Å²) >= 11 is 4.96. The van der Waals surface area contributed by atoms with Crippen LogP contribution in [-0.2, 0) is 4.79 Å². The Labute approximate surface area is 113 Å². The number of halogens is 1. The molecule has 0 saturated carbocycles. The third-order valence-electron chi connectivity index (χ3n) is 2.75. The fourth-order valence-corrected chi connectivity index (χ4v) is 3.14. The Morgan fingerprint density at radius 1 is 1.65 bits per heavy atom. The van der Waals surface area contributed by atoms with Gasteiger partial charge < -0.3 is 10.0 Å². The molecule has 2 heterocycles. The second-order valence-corrected chi connectivity index (χ2v) is 6.98. The zero-order valence-electron chi connectivity index (χ0n) is 9.52.